The zero-order valence-corrected chi connectivity index (χ0v) is 21.3. The Morgan fingerprint density at radius 3 is 2.58 bits per heavy atom. The van der Waals surface area contributed by atoms with Crippen molar-refractivity contribution in [3.63, 3.8) is 0 Å². The minimum atomic E-state index is 0.0290. The summed E-state index contributed by atoms with van der Waals surface area (Å²) in [6, 6.07) is 15.2. The van der Waals surface area contributed by atoms with Crippen molar-refractivity contribution >= 4 is 5.91 Å². The summed E-state index contributed by atoms with van der Waals surface area (Å²) in [5.74, 6) is 0.682. The Hall–Kier alpha value is -2.17. The van der Waals surface area contributed by atoms with Gasteiger partial charge in [-0.2, -0.15) is 0 Å². The lowest BCUT2D eigenvalue weighted by Crippen LogP contribution is -2.34. The molecule has 2 atom stereocenters. The topological polar surface area (TPSA) is 44.4 Å². The largest absolute Gasteiger partial charge is 0.352 e. The molecule has 33 heavy (non-hydrogen) atoms. The third-order valence-electron chi connectivity index (χ3n) is 6.98. The molecule has 0 heterocycles. The van der Waals surface area contributed by atoms with Crippen LogP contribution in [0.1, 0.15) is 79.1 Å². The number of nitrogens with zero attached hydrogens (tertiary/aromatic N) is 1. The van der Waals surface area contributed by atoms with Crippen LogP contribution in [-0.4, -0.2) is 37.5 Å². The molecular formula is C29H43N3O. The van der Waals surface area contributed by atoms with Crippen LogP contribution in [0.15, 0.2) is 42.5 Å². The van der Waals surface area contributed by atoms with Crippen molar-refractivity contribution in [2.75, 3.05) is 26.7 Å². The molecule has 2 aromatic carbocycles. The molecule has 2 aromatic rings. The van der Waals surface area contributed by atoms with E-state index in [-0.39, 0.29) is 11.4 Å². The van der Waals surface area contributed by atoms with Gasteiger partial charge in [-0.1, -0.05) is 63.1 Å². The normalized spacial score (nSPS) is 19.6. The zero-order valence-electron chi connectivity index (χ0n) is 21.3. The van der Waals surface area contributed by atoms with E-state index in [0.717, 1.165) is 43.6 Å². The summed E-state index contributed by atoms with van der Waals surface area (Å²) in [4.78, 5) is 15.1. The van der Waals surface area contributed by atoms with Crippen molar-refractivity contribution in [2.45, 2.75) is 71.9 Å². The fraction of sp³-hybridized carbons (Fsp3) is 0.552. The fourth-order valence-electron chi connectivity index (χ4n) is 4.85. The van der Waals surface area contributed by atoms with E-state index < -0.39 is 0 Å². The van der Waals surface area contributed by atoms with Gasteiger partial charge in [-0.15, -0.1) is 0 Å². The van der Waals surface area contributed by atoms with E-state index in [1.165, 1.54) is 36.0 Å². The molecule has 0 spiro atoms. The second kappa shape index (κ2) is 11.8. The van der Waals surface area contributed by atoms with E-state index >= 15 is 0 Å². The molecule has 180 valence electrons. The Kier molecular flexibility index (Phi) is 9.10. The number of carbonyl (C=O) groups is 1. The van der Waals surface area contributed by atoms with Gasteiger partial charge in [0.2, 0.25) is 0 Å². The molecule has 2 unspecified atom stereocenters. The number of hydrogen-bond donors (Lipinski definition) is 2. The number of amides is 1. The summed E-state index contributed by atoms with van der Waals surface area (Å²) in [6.07, 6.45) is 5.58. The van der Waals surface area contributed by atoms with Crippen LogP contribution in [0, 0.1) is 12.8 Å². The molecule has 1 fully saturated rings. The maximum Gasteiger partial charge on any atom is 0.251 e. The van der Waals surface area contributed by atoms with Gasteiger partial charge in [0.15, 0.2) is 0 Å². The Morgan fingerprint density at radius 1 is 1.09 bits per heavy atom. The van der Waals surface area contributed by atoms with Crippen molar-refractivity contribution in [3.8, 4) is 0 Å². The summed E-state index contributed by atoms with van der Waals surface area (Å²) in [6.45, 7) is 12.4. The van der Waals surface area contributed by atoms with E-state index in [1.807, 2.05) is 12.1 Å². The minimum absolute atomic E-state index is 0.0290. The molecule has 2 N–H and O–H groups in total. The third kappa shape index (κ3) is 6.91. The number of unbranched alkanes of at least 4 members (excludes halogenated alkanes) is 1. The van der Waals surface area contributed by atoms with Gasteiger partial charge in [0.1, 0.15) is 0 Å². The first kappa shape index (κ1) is 25.5. The summed E-state index contributed by atoms with van der Waals surface area (Å²) < 4.78 is 0. The molecule has 4 heteroatoms. The number of benzene rings is 2. The first-order valence-corrected chi connectivity index (χ1v) is 12.8. The van der Waals surface area contributed by atoms with Crippen molar-refractivity contribution in [1.82, 2.24) is 15.5 Å². The highest BCUT2D eigenvalue weighted by molar-refractivity contribution is 5.94. The monoisotopic (exact) mass is 449 g/mol. The van der Waals surface area contributed by atoms with Crippen LogP contribution in [0.25, 0.3) is 0 Å². The average molecular weight is 450 g/mol. The maximum absolute atomic E-state index is 12.8. The second-order valence-corrected chi connectivity index (χ2v) is 9.97. The minimum Gasteiger partial charge on any atom is -0.352 e. The molecule has 0 aromatic heterocycles. The van der Waals surface area contributed by atoms with Gasteiger partial charge in [-0.25, -0.2) is 0 Å². The lowest BCUT2D eigenvalue weighted by atomic mass is 9.99. The molecule has 0 saturated heterocycles. The van der Waals surface area contributed by atoms with E-state index in [1.54, 1.807) is 0 Å². The fourth-order valence-corrected chi connectivity index (χ4v) is 4.85. The van der Waals surface area contributed by atoms with Gasteiger partial charge in [-0.3, -0.25) is 4.79 Å². The molecular weight excluding hydrogens is 406 g/mol. The van der Waals surface area contributed by atoms with E-state index in [9.17, 15) is 4.79 Å². The first-order chi connectivity index (χ1) is 15.9. The maximum atomic E-state index is 12.8. The van der Waals surface area contributed by atoms with Gasteiger partial charge < -0.3 is 15.5 Å². The molecule has 0 bridgehead atoms. The van der Waals surface area contributed by atoms with E-state index in [2.05, 4.69) is 80.6 Å². The Labute approximate surface area is 201 Å². The van der Waals surface area contributed by atoms with Crippen molar-refractivity contribution < 1.29 is 4.79 Å². The molecule has 1 aliphatic rings. The lowest BCUT2D eigenvalue weighted by Gasteiger charge is -2.20. The molecule has 3 rings (SSSR count). The predicted octanol–water partition coefficient (Wildman–Crippen LogP) is 5.43. The average Bonchev–Trinajstić information content (AvgIpc) is 3.47. The highest BCUT2D eigenvalue weighted by Crippen LogP contribution is 2.51. The zero-order chi connectivity index (χ0) is 23.8. The quantitative estimate of drug-likeness (QED) is 0.401. The second-order valence-electron chi connectivity index (χ2n) is 9.97. The van der Waals surface area contributed by atoms with E-state index in [0.29, 0.717) is 12.5 Å². The Morgan fingerprint density at radius 2 is 1.88 bits per heavy atom. The molecule has 4 nitrogen and oxygen atoms in total. The Bertz CT molecular complexity index is 925. The van der Waals surface area contributed by atoms with Gasteiger partial charge in [0, 0.05) is 24.2 Å². The first-order valence-electron chi connectivity index (χ1n) is 12.8. The molecule has 1 saturated carbocycles. The van der Waals surface area contributed by atoms with Gasteiger partial charge in [-0.05, 0) is 87.5 Å². The van der Waals surface area contributed by atoms with Crippen LogP contribution in [-0.2, 0) is 18.5 Å². The van der Waals surface area contributed by atoms with Crippen molar-refractivity contribution in [2.24, 2.45) is 5.92 Å². The number of carbonyl (C=O) groups excluding carboxylic acids is 1. The summed E-state index contributed by atoms with van der Waals surface area (Å²) in [7, 11) is 2.15. The molecule has 0 radical (unpaired) electrons. The van der Waals surface area contributed by atoms with Crippen LogP contribution in [0.5, 0.6) is 0 Å². The van der Waals surface area contributed by atoms with Crippen LogP contribution in [0.2, 0.25) is 0 Å². The van der Waals surface area contributed by atoms with Crippen molar-refractivity contribution in [1.29, 1.82) is 0 Å². The standard InChI is InChI=1S/C29H43N3O/c1-6-8-15-32(5)21-25-16-22(3)17-26(18-25)28(33)30-13-10-14-31-29(20-23(29)4)27-12-9-11-24(7-2)19-27/h9,11-12,16-19,23,31H,6-8,10,13-15,20-21H2,1-5H3,(H,30,33). The molecule has 0 aliphatic heterocycles. The smallest absolute Gasteiger partial charge is 0.251 e. The Balaban J connectivity index is 1.47. The predicted molar refractivity (Wildman–Crippen MR) is 139 cm³/mol. The van der Waals surface area contributed by atoms with Crippen molar-refractivity contribution in [3.05, 3.63) is 70.3 Å². The molecule has 1 amide bonds. The SMILES string of the molecule is CCCCN(C)Cc1cc(C)cc(C(=O)NCCCNC2(c3cccc(CC)c3)CC2C)c1. The van der Waals surface area contributed by atoms with Crippen LogP contribution >= 0.6 is 0 Å². The van der Waals surface area contributed by atoms with Gasteiger partial charge in [0.25, 0.3) is 5.91 Å². The van der Waals surface area contributed by atoms with Gasteiger partial charge in [0.05, 0.1) is 0 Å². The highest BCUT2D eigenvalue weighted by atomic mass is 16.1. The van der Waals surface area contributed by atoms with Crippen LogP contribution in [0.4, 0.5) is 0 Å². The number of rotatable bonds is 13. The molecule has 1 aliphatic carbocycles. The lowest BCUT2D eigenvalue weighted by molar-refractivity contribution is 0.0953. The number of nitrogens with one attached hydrogen (secondary N) is 2. The van der Waals surface area contributed by atoms with Crippen LogP contribution in [0.3, 0.4) is 0 Å². The van der Waals surface area contributed by atoms with E-state index in [4.69, 9.17) is 0 Å². The number of aryl methyl sites for hydroxylation is 2. The summed E-state index contributed by atoms with van der Waals surface area (Å²) in [5.41, 5.74) is 6.04. The van der Waals surface area contributed by atoms with Crippen LogP contribution < -0.4 is 10.6 Å². The summed E-state index contributed by atoms with van der Waals surface area (Å²) in [5, 5.41) is 6.93. The highest BCUT2D eigenvalue weighted by Gasteiger charge is 2.51. The summed E-state index contributed by atoms with van der Waals surface area (Å²) >= 11 is 0. The van der Waals surface area contributed by atoms with Gasteiger partial charge >= 0.3 is 0 Å². The third-order valence-corrected chi connectivity index (χ3v) is 6.98. The number of hydrogen-bond acceptors (Lipinski definition) is 3.